The van der Waals surface area contributed by atoms with Gasteiger partial charge >= 0.3 is 0 Å². The van der Waals surface area contributed by atoms with Gasteiger partial charge in [-0.2, -0.15) is 0 Å². The van der Waals surface area contributed by atoms with Gasteiger partial charge in [-0.25, -0.2) is 0 Å². The summed E-state index contributed by atoms with van der Waals surface area (Å²) in [5.41, 5.74) is 2.78. The van der Waals surface area contributed by atoms with Crippen LogP contribution in [0, 0.1) is 17.0 Å². The lowest BCUT2D eigenvalue weighted by Gasteiger charge is -2.11. The van der Waals surface area contributed by atoms with Crippen LogP contribution in [0.2, 0.25) is 15.1 Å². The van der Waals surface area contributed by atoms with Gasteiger partial charge < -0.3 is 5.32 Å². The normalized spacial score (nSPS) is 10.7. The van der Waals surface area contributed by atoms with E-state index < -0.39 is 0 Å². The third kappa shape index (κ3) is 5.11. The monoisotopic (exact) mass is 452 g/mol. The zero-order chi connectivity index (χ0) is 20.3. The van der Waals surface area contributed by atoms with Gasteiger partial charge in [0, 0.05) is 28.2 Å². The average molecular weight is 454 g/mol. The van der Waals surface area contributed by atoms with Gasteiger partial charge in [-0.15, -0.1) is 0 Å². The highest BCUT2D eigenvalue weighted by atomic mass is 35.5. The SMILES string of the molecule is Cc1ccc(Cl)cc1NCc1ccc(Sc2ccc(Cl)c(Cl)c2)c([N+](=O)[O-])c1. The Morgan fingerprint density at radius 3 is 2.50 bits per heavy atom. The van der Waals surface area contributed by atoms with Gasteiger partial charge in [0.25, 0.3) is 5.69 Å². The molecule has 0 atom stereocenters. The Balaban J connectivity index is 1.81. The Labute approximate surface area is 182 Å². The summed E-state index contributed by atoms with van der Waals surface area (Å²) in [6, 6.07) is 15.9. The van der Waals surface area contributed by atoms with E-state index in [-0.39, 0.29) is 10.6 Å². The molecule has 4 nitrogen and oxygen atoms in total. The number of benzene rings is 3. The lowest BCUT2D eigenvalue weighted by molar-refractivity contribution is -0.387. The molecule has 0 heterocycles. The predicted molar refractivity (Wildman–Crippen MR) is 117 cm³/mol. The van der Waals surface area contributed by atoms with Gasteiger partial charge in [0.15, 0.2) is 0 Å². The molecule has 0 aliphatic rings. The van der Waals surface area contributed by atoms with E-state index in [1.165, 1.54) is 11.8 Å². The molecular formula is C20H15Cl3N2O2S. The largest absolute Gasteiger partial charge is 0.381 e. The maximum Gasteiger partial charge on any atom is 0.283 e. The quantitative estimate of drug-likeness (QED) is 0.308. The molecule has 3 rings (SSSR count). The van der Waals surface area contributed by atoms with Crippen molar-refractivity contribution >= 4 is 57.9 Å². The van der Waals surface area contributed by atoms with Crippen molar-refractivity contribution in [3.63, 3.8) is 0 Å². The Kier molecular flexibility index (Phi) is 6.73. The molecule has 0 aliphatic heterocycles. The van der Waals surface area contributed by atoms with Crippen molar-refractivity contribution in [2.45, 2.75) is 23.3 Å². The Morgan fingerprint density at radius 1 is 1.00 bits per heavy atom. The predicted octanol–water partition coefficient (Wildman–Crippen LogP) is 7.63. The zero-order valence-electron chi connectivity index (χ0n) is 14.7. The second-order valence-corrected chi connectivity index (χ2v) is 8.42. The molecule has 0 fully saturated rings. The highest BCUT2D eigenvalue weighted by molar-refractivity contribution is 7.99. The molecule has 28 heavy (non-hydrogen) atoms. The molecule has 0 saturated carbocycles. The summed E-state index contributed by atoms with van der Waals surface area (Å²) in [5, 5.41) is 16.3. The van der Waals surface area contributed by atoms with Crippen molar-refractivity contribution in [2.75, 3.05) is 5.32 Å². The molecule has 0 amide bonds. The fraction of sp³-hybridized carbons (Fsp3) is 0.100. The summed E-state index contributed by atoms with van der Waals surface area (Å²) in [4.78, 5) is 12.5. The van der Waals surface area contributed by atoms with Gasteiger partial charge in [0.2, 0.25) is 0 Å². The third-order valence-corrected chi connectivity index (χ3v) is 6.05. The fourth-order valence-corrected chi connectivity index (χ4v) is 4.03. The number of hydrogen-bond donors (Lipinski definition) is 1. The first-order valence-corrected chi connectivity index (χ1v) is 10.2. The van der Waals surface area contributed by atoms with Crippen LogP contribution in [-0.2, 0) is 6.54 Å². The number of nitro groups is 1. The standard InChI is InChI=1S/C20H15Cl3N2O2S/c1-12-2-4-14(21)9-18(12)24-11-13-3-7-20(19(8-13)25(26)27)28-15-5-6-16(22)17(23)10-15/h2-10,24H,11H2,1H3. The number of nitrogens with zero attached hydrogens (tertiary/aromatic N) is 1. The molecule has 0 aliphatic carbocycles. The lowest BCUT2D eigenvalue weighted by atomic mass is 10.1. The van der Waals surface area contributed by atoms with E-state index in [1.54, 1.807) is 30.3 Å². The van der Waals surface area contributed by atoms with E-state index in [4.69, 9.17) is 34.8 Å². The minimum absolute atomic E-state index is 0.0400. The van der Waals surface area contributed by atoms with Crippen molar-refractivity contribution < 1.29 is 4.92 Å². The molecule has 144 valence electrons. The number of nitrogens with one attached hydrogen (secondary N) is 1. The third-order valence-electron chi connectivity index (χ3n) is 4.02. The van der Waals surface area contributed by atoms with E-state index in [2.05, 4.69) is 5.32 Å². The minimum atomic E-state index is -0.381. The number of aryl methyl sites for hydroxylation is 1. The maximum atomic E-state index is 11.6. The van der Waals surface area contributed by atoms with Crippen LogP contribution in [0.1, 0.15) is 11.1 Å². The first-order valence-electron chi connectivity index (χ1n) is 8.24. The van der Waals surface area contributed by atoms with Crippen LogP contribution in [0.4, 0.5) is 11.4 Å². The molecule has 0 radical (unpaired) electrons. The first kappa shape index (κ1) is 20.8. The van der Waals surface area contributed by atoms with Crippen LogP contribution in [0.25, 0.3) is 0 Å². The van der Waals surface area contributed by atoms with Crippen LogP contribution in [0.5, 0.6) is 0 Å². The van der Waals surface area contributed by atoms with Crippen molar-refractivity contribution in [1.29, 1.82) is 0 Å². The van der Waals surface area contributed by atoms with Gasteiger partial charge in [-0.05, 0) is 54.4 Å². The summed E-state index contributed by atoms with van der Waals surface area (Å²) in [6.45, 7) is 2.41. The zero-order valence-corrected chi connectivity index (χ0v) is 17.8. The maximum absolute atomic E-state index is 11.6. The number of nitro benzene ring substituents is 1. The fourth-order valence-electron chi connectivity index (χ4n) is 2.55. The van der Waals surface area contributed by atoms with Crippen LogP contribution in [-0.4, -0.2) is 4.92 Å². The van der Waals surface area contributed by atoms with E-state index >= 15 is 0 Å². The number of rotatable bonds is 6. The van der Waals surface area contributed by atoms with E-state index in [1.807, 2.05) is 31.2 Å². The van der Waals surface area contributed by atoms with Crippen molar-refractivity contribution in [3.8, 4) is 0 Å². The van der Waals surface area contributed by atoms with Gasteiger partial charge in [0.1, 0.15) is 0 Å². The first-order chi connectivity index (χ1) is 13.3. The van der Waals surface area contributed by atoms with E-state index in [0.29, 0.717) is 26.5 Å². The van der Waals surface area contributed by atoms with Gasteiger partial charge in [0.05, 0.1) is 19.9 Å². The highest BCUT2D eigenvalue weighted by Crippen LogP contribution is 2.37. The average Bonchev–Trinajstić information content (AvgIpc) is 2.66. The van der Waals surface area contributed by atoms with Crippen LogP contribution in [0.15, 0.2) is 64.4 Å². The molecule has 8 heteroatoms. The second-order valence-electron chi connectivity index (χ2n) is 6.05. The number of hydrogen-bond acceptors (Lipinski definition) is 4. The molecule has 0 unspecified atom stereocenters. The minimum Gasteiger partial charge on any atom is -0.381 e. The Bertz CT molecular complexity index is 1040. The van der Waals surface area contributed by atoms with Gasteiger partial charge in [-0.1, -0.05) is 58.7 Å². The molecule has 3 aromatic carbocycles. The molecule has 0 saturated heterocycles. The van der Waals surface area contributed by atoms with Gasteiger partial charge in [-0.3, -0.25) is 10.1 Å². The Morgan fingerprint density at radius 2 is 1.79 bits per heavy atom. The van der Waals surface area contributed by atoms with Crippen molar-refractivity contribution in [2.24, 2.45) is 0 Å². The smallest absolute Gasteiger partial charge is 0.283 e. The molecule has 0 bridgehead atoms. The van der Waals surface area contributed by atoms with Crippen molar-refractivity contribution in [1.82, 2.24) is 0 Å². The van der Waals surface area contributed by atoms with Crippen LogP contribution < -0.4 is 5.32 Å². The van der Waals surface area contributed by atoms with Crippen LogP contribution in [0.3, 0.4) is 0 Å². The topological polar surface area (TPSA) is 55.2 Å². The summed E-state index contributed by atoms with van der Waals surface area (Å²) >= 11 is 19.3. The summed E-state index contributed by atoms with van der Waals surface area (Å²) in [6.07, 6.45) is 0. The van der Waals surface area contributed by atoms with Crippen LogP contribution >= 0.6 is 46.6 Å². The van der Waals surface area contributed by atoms with E-state index in [0.717, 1.165) is 21.7 Å². The highest BCUT2D eigenvalue weighted by Gasteiger charge is 2.16. The molecule has 1 N–H and O–H groups in total. The molecule has 0 aromatic heterocycles. The summed E-state index contributed by atoms with van der Waals surface area (Å²) in [7, 11) is 0. The lowest BCUT2D eigenvalue weighted by Crippen LogP contribution is -2.02. The summed E-state index contributed by atoms with van der Waals surface area (Å²) in [5.74, 6) is 0. The molecule has 0 spiro atoms. The summed E-state index contributed by atoms with van der Waals surface area (Å²) < 4.78 is 0. The molecular weight excluding hydrogens is 439 g/mol. The second kappa shape index (κ2) is 9.05. The number of halogens is 3. The number of anilines is 1. The Hall–Kier alpha value is -1.92. The molecule has 3 aromatic rings. The van der Waals surface area contributed by atoms with E-state index in [9.17, 15) is 10.1 Å². The van der Waals surface area contributed by atoms with Crippen molar-refractivity contribution in [3.05, 3.63) is 90.9 Å².